The highest BCUT2D eigenvalue weighted by Crippen LogP contribution is 2.27. The zero-order valence-electron chi connectivity index (χ0n) is 17.6. The van der Waals surface area contributed by atoms with Gasteiger partial charge in [0, 0.05) is 5.69 Å². The molecule has 4 aromatic carbocycles. The summed E-state index contributed by atoms with van der Waals surface area (Å²) in [6.07, 6.45) is 0. The van der Waals surface area contributed by atoms with E-state index in [4.69, 9.17) is 0 Å². The van der Waals surface area contributed by atoms with E-state index in [2.05, 4.69) is 5.32 Å². The van der Waals surface area contributed by atoms with Crippen molar-refractivity contribution in [3.05, 3.63) is 115 Å². The first-order valence-electron chi connectivity index (χ1n) is 10.2. The van der Waals surface area contributed by atoms with Gasteiger partial charge < -0.3 is 5.32 Å². The van der Waals surface area contributed by atoms with Crippen molar-refractivity contribution in [3.8, 4) is 11.1 Å². The monoisotopic (exact) mass is 460 g/mol. The lowest BCUT2D eigenvalue weighted by Gasteiger charge is -2.24. The number of anilines is 2. The molecule has 0 atom stereocenters. The molecule has 0 aliphatic carbocycles. The van der Waals surface area contributed by atoms with Gasteiger partial charge in [-0.2, -0.15) is 0 Å². The fourth-order valence-electron chi connectivity index (χ4n) is 3.41. The van der Waals surface area contributed by atoms with Gasteiger partial charge in [0.15, 0.2) is 0 Å². The third-order valence-electron chi connectivity index (χ3n) is 4.99. The van der Waals surface area contributed by atoms with Crippen LogP contribution in [0.5, 0.6) is 0 Å². The molecule has 0 aliphatic rings. The molecule has 0 saturated carbocycles. The lowest BCUT2D eigenvalue weighted by molar-refractivity contribution is -0.114. The summed E-state index contributed by atoms with van der Waals surface area (Å²) < 4.78 is 41.9. The van der Waals surface area contributed by atoms with Gasteiger partial charge in [0.25, 0.3) is 10.0 Å². The molecule has 1 amide bonds. The molecule has 0 unspecified atom stereocenters. The average Bonchev–Trinajstić information content (AvgIpc) is 2.84. The minimum atomic E-state index is -4.18. The highest BCUT2D eigenvalue weighted by molar-refractivity contribution is 7.92. The molecule has 4 rings (SSSR count). The van der Waals surface area contributed by atoms with Gasteiger partial charge in [0.1, 0.15) is 12.4 Å². The first-order valence-corrected chi connectivity index (χ1v) is 11.7. The number of nitrogens with zero attached hydrogens (tertiary/aromatic N) is 1. The Bertz CT molecular complexity index is 1360. The molecular formula is C26H21FN2O3S. The number of sulfonamides is 1. The van der Waals surface area contributed by atoms with Crippen molar-refractivity contribution in [3.63, 3.8) is 0 Å². The van der Waals surface area contributed by atoms with E-state index < -0.39 is 28.3 Å². The zero-order valence-corrected chi connectivity index (χ0v) is 18.4. The van der Waals surface area contributed by atoms with E-state index in [1.807, 2.05) is 36.4 Å². The normalized spacial score (nSPS) is 11.1. The molecule has 33 heavy (non-hydrogen) atoms. The van der Waals surface area contributed by atoms with E-state index >= 15 is 0 Å². The Morgan fingerprint density at radius 3 is 2.06 bits per heavy atom. The molecule has 0 aromatic heterocycles. The molecule has 0 bridgehead atoms. The molecule has 0 radical (unpaired) electrons. The van der Waals surface area contributed by atoms with Gasteiger partial charge in [-0.05, 0) is 47.5 Å². The van der Waals surface area contributed by atoms with Crippen molar-refractivity contribution in [2.75, 3.05) is 16.2 Å². The van der Waals surface area contributed by atoms with Crippen LogP contribution < -0.4 is 9.62 Å². The van der Waals surface area contributed by atoms with Crippen LogP contribution in [0.1, 0.15) is 0 Å². The molecule has 0 fully saturated rings. The Kier molecular flexibility index (Phi) is 6.51. The van der Waals surface area contributed by atoms with Gasteiger partial charge >= 0.3 is 0 Å². The second-order valence-electron chi connectivity index (χ2n) is 7.27. The maximum absolute atomic E-state index is 14.6. The summed E-state index contributed by atoms with van der Waals surface area (Å²) in [6, 6.07) is 30.0. The van der Waals surface area contributed by atoms with E-state index in [1.54, 1.807) is 36.4 Å². The molecule has 0 heterocycles. The van der Waals surface area contributed by atoms with Gasteiger partial charge in [-0.3, -0.25) is 9.10 Å². The Morgan fingerprint density at radius 1 is 0.758 bits per heavy atom. The number of hydrogen-bond donors (Lipinski definition) is 1. The largest absolute Gasteiger partial charge is 0.324 e. The number of benzene rings is 4. The third-order valence-corrected chi connectivity index (χ3v) is 6.77. The van der Waals surface area contributed by atoms with Crippen LogP contribution in [0.15, 0.2) is 114 Å². The minimum absolute atomic E-state index is 0.0351. The van der Waals surface area contributed by atoms with Crippen molar-refractivity contribution in [2.24, 2.45) is 0 Å². The smallest absolute Gasteiger partial charge is 0.264 e. The maximum Gasteiger partial charge on any atom is 0.264 e. The van der Waals surface area contributed by atoms with Crippen molar-refractivity contribution in [2.45, 2.75) is 4.90 Å². The minimum Gasteiger partial charge on any atom is -0.324 e. The molecule has 0 saturated heterocycles. The standard InChI is InChI=1S/C26H21FN2O3S/c27-24-16-7-8-17-25(24)29(33(31,32)23-14-5-2-6-15-23)19-26(30)28-22-13-9-12-21(18-22)20-10-3-1-4-11-20/h1-18H,19H2,(H,28,30). The molecule has 7 heteroatoms. The third kappa shape index (κ3) is 5.10. The van der Waals surface area contributed by atoms with Crippen molar-refractivity contribution in [1.29, 1.82) is 0 Å². The van der Waals surface area contributed by atoms with Crippen LogP contribution in [-0.2, 0) is 14.8 Å². The predicted octanol–water partition coefficient (Wildman–Crippen LogP) is 5.33. The summed E-state index contributed by atoms with van der Waals surface area (Å²) in [7, 11) is -4.18. The van der Waals surface area contributed by atoms with Gasteiger partial charge in [-0.25, -0.2) is 12.8 Å². The van der Waals surface area contributed by atoms with Gasteiger partial charge in [0.2, 0.25) is 5.91 Å². The topological polar surface area (TPSA) is 66.5 Å². The Labute approximate surface area is 192 Å². The van der Waals surface area contributed by atoms with Crippen LogP contribution >= 0.6 is 0 Å². The van der Waals surface area contributed by atoms with E-state index in [-0.39, 0.29) is 10.6 Å². The van der Waals surface area contributed by atoms with Gasteiger partial charge in [0.05, 0.1) is 10.6 Å². The molecule has 0 spiro atoms. The molecule has 4 aromatic rings. The van der Waals surface area contributed by atoms with Crippen LogP contribution in [0.2, 0.25) is 0 Å². The van der Waals surface area contributed by atoms with Crippen molar-refractivity contribution < 1.29 is 17.6 Å². The predicted molar refractivity (Wildman–Crippen MR) is 128 cm³/mol. The fourth-order valence-corrected chi connectivity index (χ4v) is 4.86. The van der Waals surface area contributed by atoms with Crippen LogP contribution in [0.3, 0.4) is 0 Å². The number of carbonyl (C=O) groups excluding carboxylic acids is 1. The number of halogens is 1. The SMILES string of the molecule is O=C(CN(c1ccccc1F)S(=O)(=O)c1ccccc1)Nc1cccc(-c2ccccc2)c1. The van der Waals surface area contributed by atoms with Crippen LogP contribution in [0, 0.1) is 5.82 Å². The number of amides is 1. The van der Waals surface area contributed by atoms with Crippen LogP contribution in [0.4, 0.5) is 15.8 Å². The molecule has 166 valence electrons. The Balaban J connectivity index is 1.62. The van der Waals surface area contributed by atoms with E-state index in [0.717, 1.165) is 21.5 Å². The van der Waals surface area contributed by atoms with Crippen molar-refractivity contribution in [1.82, 2.24) is 0 Å². The second kappa shape index (κ2) is 9.67. The number of nitrogens with one attached hydrogen (secondary N) is 1. The highest BCUT2D eigenvalue weighted by Gasteiger charge is 2.29. The Morgan fingerprint density at radius 2 is 1.36 bits per heavy atom. The quantitative estimate of drug-likeness (QED) is 0.406. The van der Waals surface area contributed by atoms with Crippen molar-refractivity contribution >= 4 is 27.3 Å². The summed E-state index contributed by atoms with van der Waals surface area (Å²) in [5.74, 6) is -1.33. The van der Waals surface area contributed by atoms with E-state index in [0.29, 0.717) is 5.69 Å². The number of rotatable bonds is 7. The molecular weight excluding hydrogens is 439 g/mol. The lowest BCUT2D eigenvalue weighted by atomic mass is 10.1. The lowest BCUT2D eigenvalue weighted by Crippen LogP contribution is -2.38. The van der Waals surface area contributed by atoms with Crippen LogP contribution in [0.25, 0.3) is 11.1 Å². The summed E-state index contributed by atoms with van der Waals surface area (Å²) in [4.78, 5) is 12.9. The number of para-hydroxylation sites is 1. The average molecular weight is 461 g/mol. The molecule has 0 aliphatic heterocycles. The van der Waals surface area contributed by atoms with E-state index in [1.165, 1.54) is 30.3 Å². The van der Waals surface area contributed by atoms with Gasteiger partial charge in [-0.15, -0.1) is 0 Å². The molecule has 5 nitrogen and oxygen atoms in total. The van der Waals surface area contributed by atoms with Gasteiger partial charge in [-0.1, -0.05) is 72.8 Å². The summed E-state index contributed by atoms with van der Waals surface area (Å²) in [5.41, 5.74) is 2.19. The highest BCUT2D eigenvalue weighted by atomic mass is 32.2. The van der Waals surface area contributed by atoms with E-state index in [9.17, 15) is 17.6 Å². The summed E-state index contributed by atoms with van der Waals surface area (Å²) in [5, 5.41) is 2.73. The second-order valence-corrected chi connectivity index (χ2v) is 9.13. The maximum atomic E-state index is 14.6. The summed E-state index contributed by atoms with van der Waals surface area (Å²) >= 11 is 0. The Hall–Kier alpha value is -3.97. The fraction of sp³-hybridized carbons (Fsp3) is 0.0385. The number of hydrogen-bond acceptors (Lipinski definition) is 3. The first-order chi connectivity index (χ1) is 15.9. The zero-order chi connectivity index (χ0) is 23.3. The first kappa shape index (κ1) is 22.2. The molecule has 1 N–H and O–H groups in total. The number of carbonyl (C=O) groups is 1. The van der Waals surface area contributed by atoms with Crippen LogP contribution in [-0.4, -0.2) is 20.9 Å². The summed E-state index contributed by atoms with van der Waals surface area (Å²) in [6.45, 7) is -0.590.